The maximum atomic E-state index is 11.0. The highest BCUT2D eigenvalue weighted by Gasteiger charge is 2.53. The first-order chi connectivity index (χ1) is 23.0. The fraction of sp³-hybridized carbons (Fsp3) is 0.812. The molecule has 4 rings (SSSR count). The van der Waals surface area contributed by atoms with Crippen LogP contribution in [0.15, 0.2) is 24.3 Å². The molecule has 0 aromatic heterocycles. The van der Waals surface area contributed by atoms with Crippen molar-refractivity contribution in [2.24, 2.45) is 0 Å². The lowest BCUT2D eigenvalue weighted by Crippen LogP contribution is -2.66. The molecule has 1 aromatic rings. The Morgan fingerprint density at radius 3 is 1.52 bits per heavy atom. The number of rotatable bonds is 16. The zero-order chi connectivity index (χ0) is 35.0. The normalized spacial score (nSPS) is 40.5. The monoisotopic (exact) mass is 692 g/mol. The summed E-state index contributed by atoms with van der Waals surface area (Å²) >= 11 is 0. The molecule has 16 nitrogen and oxygen atoms in total. The minimum absolute atomic E-state index is 0.361. The highest BCUT2D eigenvalue weighted by Crippen LogP contribution is 2.33. The van der Waals surface area contributed by atoms with Crippen molar-refractivity contribution in [3.05, 3.63) is 29.8 Å². The van der Waals surface area contributed by atoms with E-state index in [0.717, 1.165) is 24.8 Å². The third-order valence-corrected chi connectivity index (χ3v) is 9.07. The highest BCUT2D eigenvalue weighted by atomic mass is 16.8. The van der Waals surface area contributed by atoms with E-state index in [9.17, 15) is 51.1 Å². The van der Waals surface area contributed by atoms with Gasteiger partial charge in [-0.15, -0.1) is 0 Å². The number of hydrogen-bond acceptors (Lipinski definition) is 16. The SMILES string of the molecule is CCCCCCCCc1ccc(O[C@@H]2O[C@H](CO)[C@@H](O[C@@H]3O[C@H](CO)[C@H](O[C@@H]4O[C@H](CO)[C@H](O)[C@H](O)[C@H]4O)[C@H](O)[C@H]3O)[C@H](O)[C@H]2O)cc1. The summed E-state index contributed by atoms with van der Waals surface area (Å²) in [6.07, 6.45) is -16.4. The number of aryl methyl sites for hydroxylation is 1. The molecule has 0 saturated carbocycles. The molecule has 3 heterocycles. The van der Waals surface area contributed by atoms with Gasteiger partial charge in [-0.3, -0.25) is 0 Å². The van der Waals surface area contributed by atoms with E-state index >= 15 is 0 Å². The Balaban J connectivity index is 1.34. The first-order valence-electron chi connectivity index (χ1n) is 16.7. The topological polar surface area (TPSA) is 258 Å². The van der Waals surface area contributed by atoms with Gasteiger partial charge in [-0.2, -0.15) is 0 Å². The lowest BCUT2D eigenvalue weighted by Gasteiger charge is -2.48. The van der Waals surface area contributed by atoms with Gasteiger partial charge in [0.15, 0.2) is 12.6 Å². The Bertz CT molecular complexity index is 1060. The van der Waals surface area contributed by atoms with Gasteiger partial charge in [0.25, 0.3) is 0 Å². The van der Waals surface area contributed by atoms with Crippen LogP contribution < -0.4 is 4.74 Å². The zero-order valence-electron chi connectivity index (χ0n) is 27.0. The summed E-state index contributed by atoms with van der Waals surface area (Å²) in [5.41, 5.74) is 1.12. The molecule has 15 atom stereocenters. The molecule has 48 heavy (non-hydrogen) atoms. The van der Waals surface area contributed by atoms with Gasteiger partial charge in [-0.1, -0.05) is 51.2 Å². The molecule has 3 aliphatic rings. The molecule has 0 unspecified atom stereocenters. The van der Waals surface area contributed by atoms with Gasteiger partial charge < -0.3 is 79.5 Å². The zero-order valence-corrected chi connectivity index (χ0v) is 27.0. The van der Waals surface area contributed by atoms with Gasteiger partial charge in [0.05, 0.1) is 19.8 Å². The van der Waals surface area contributed by atoms with Crippen molar-refractivity contribution in [1.82, 2.24) is 0 Å². The molecule has 1 aromatic carbocycles. The van der Waals surface area contributed by atoms with E-state index in [1.165, 1.54) is 25.7 Å². The summed E-state index contributed by atoms with van der Waals surface area (Å²) in [5.74, 6) is 0.361. The van der Waals surface area contributed by atoms with Crippen LogP contribution in [0.2, 0.25) is 0 Å². The predicted octanol–water partition coefficient (Wildman–Crippen LogP) is -2.58. The summed E-state index contributed by atoms with van der Waals surface area (Å²) in [5, 5.41) is 103. The Labute approximate surface area is 279 Å². The quantitative estimate of drug-likeness (QED) is 0.0798. The smallest absolute Gasteiger partial charge is 0.229 e. The number of unbranched alkanes of at least 4 members (excludes halogenated alkanes) is 5. The van der Waals surface area contributed by atoms with Crippen molar-refractivity contribution in [1.29, 1.82) is 0 Å². The van der Waals surface area contributed by atoms with E-state index in [-0.39, 0.29) is 0 Å². The molecule has 0 amide bonds. The average Bonchev–Trinajstić information content (AvgIpc) is 3.09. The van der Waals surface area contributed by atoms with Gasteiger partial charge >= 0.3 is 0 Å². The third-order valence-electron chi connectivity index (χ3n) is 9.07. The second kappa shape index (κ2) is 18.6. The molecule has 0 bridgehead atoms. The number of aliphatic hydroxyl groups excluding tert-OH is 10. The molecule has 3 fully saturated rings. The van der Waals surface area contributed by atoms with Gasteiger partial charge in [0.2, 0.25) is 6.29 Å². The van der Waals surface area contributed by atoms with Crippen LogP contribution >= 0.6 is 0 Å². The second-order valence-electron chi connectivity index (χ2n) is 12.6. The Kier molecular flexibility index (Phi) is 15.2. The highest BCUT2D eigenvalue weighted by molar-refractivity contribution is 5.27. The minimum atomic E-state index is -1.91. The van der Waals surface area contributed by atoms with Crippen LogP contribution in [0.3, 0.4) is 0 Å². The number of ether oxygens (including phenoxy) is 6. The molecule has 3 aliphatic heterocycles. The van der Waals surface area contributed by atoms with E-state index in [0.29, 0.717) is 5.75 Å². The van der Waals surface area contributed by atoms with E-state index in [2.05, 4.69) is 6.92 Å². The molecule has 0 radical (unpaired) electrons. The minimum Gasteiger partial charge on any atom is -0.462 e. The van der Waals surface area contributed by atoms with Crippen molar-refractivity contribution < 1.29 is 79.5 Å². The largest absolute Gasteiger partial charge is 0.462 e. The van der Waals surface area contributed by atoms with Crippen molar-refractivity contribution in [3.8, 4) is 5.75 Å². The first kappa shape index (κ1) is 39.2. The van der Waals surface area contributed by atoms with Crippen LogP contribution in [0.1, 0.15) is 51.0 Å². The maximum Gasteiger partial charge on any atom is 0.229 e. The molecule has 16 heteroatoms. The Morgan fingerprint density at radius 2 is 0.979 bits per heavy atom. The molecule has 3 saturated heterocycles. The fourth-order valence-corrected chi connectivity index (χ4v) is 6.12. The van der Waals surface area contributed by atoms with Gasteiger partial charge in [0.1, 0.15) is 79.0 Å². The van der Waals surface area contributed by atoms with Crippen molar-refractivity contribution in [2.45, 2.75) is 144 Å². The number of benzene rings is 1. The molecule has 0 aliphatic carbocycles. The van der Waals surface area contributed by atoms with Crippen LogP contribution in [0, 0.1) is 0 Å². The van der Waals surface area contributed by atoms with Crippen LogP contribution in [0.5, 0.6) is 5.75 Å². The summed E-state index contributed by atoms with van der Waals surface area (Å²) in [6.45, 7) is -0.0710. The third kappa shape index (κ3) is 9.39. The number of hydrogen-bond donors (Lipinski definition) is 10. The van der Waals surface area contributed by atoms with E-state index in [4.69, 9.17) is 28.4 Å². The van der Waals surface area contributed by atoms with Crippen LogP contribution in [-0.2, 0) is 30.1 Å². The van der Waals surface area contributed by atoms with Crippen LogP contribution in [0.4, 0.5) is 0 Å². The number of aliphatic hydroxyl groups is 10. The lowest BCUT2D eigenvalue weighted by molar-refractivity contribution is -0.376. The van der Waals surface area contributed by atoms with Crippen molar-refractivity contribution in [3.63, 3.8) is 0 Å². The van der Waals surface area contributed by atoms with Gasteiger partial charge in [0, 0.05) is 0 Å². The van der Waals surface area contributed by atoms with Crippen LogP contribution in [-0.4, -0.2) is 163 Å². The van der Waals surface area contributed by atoms with E-state index < -0.39 is 112 Å². The molecule has 276 valence electrons. The van der Waals surface area contributed by atoms with E-state index in [1.54, 1.807) is 12.1 Å². The molecule has 10 N–H and O–H groups in total. The van der Waals surface area contributed by atoms with Gasteiger partial charge in [-0.25, -0.2) is 0 Å². The van der Waals surface area contributed by atoms with E-state index in [1.807, 2.05) is 12.1 Å². The lowest BCUT2D eigenvalue weighted by atomic mass is 9.96. The van der Waals surface area contributed by atoms with Crippen molar-refractivity contribution >= 4 is 0 Å². The van der Waals surface area contributed by atoms with Gasteiger partial charge in [-0.05, 0) is 30.5 Å². The fourth-order valence-electron chi connectivity index (χ4n) is 6.12. The maximum absolute atomic E-state index is 11.0. The summed E-state index contributed by atoms with van der Waals surface area (Å²) in [7, 11) is 0. The standard InChI is InChI=1S/C32H52O16/c1-2-3-4-5-6-7-8-16-9-11-17(12-10-16)43-30-26(41)23(38)28(19(14-34)45-30)48-32-27(42)24(39)29(20(15-35)46-32)47-31-25(40)22(37)21(36)18(13-33)44-31/h9-12,18-42H,2-8,13-15H2,1H3/t18-,19-,20-,21+,22+,23-,24-,25-,26-,27-,28-,29+,30-,31+,32+/m1/s1. The molecular weight excluding hydrogens is 640 g/mol. The Morgan fingerprint density at radius 1 is 0.521 bits per heavy atom. The second-order valence-corrected chi connectivity index (χ2v) is 12.6. The van der Waals surface area contributed by atoms with Crippen molar-refractivity contribution in [2.75, 3.05) is 19.8 Å². The first-order valence-corrected chi connectivity index (χ1v) is 16.7. The summed E-state index contributed by atoms with van der Waals surface area (Å²) in [4.78, 5) is 0. The average molecular weight is 693 g/mol. The predicted molar refractivity (Wildman–Crippen MR) is 163 cm³/mol. The molecular formula is C32H52O16. The van der Waals surface area contributed by atoms with Crippen LogP contribution in [0.25, 0.3) is 0 Å². The summed E-state index contributed by atoms with van der Waals surface area (Å²) in [6, 6.07) is 7.25. The molecule has 0 spiro atoms. The summed E-state index contributed by atoms with van der Waals surface area (Å²) < 4.78 is 33.6. The Hall–Kier alpha value is -1.58.